The van der Waals surface area contributed by atoms with Gasteiger partial charge in [-0.3, -0.25) is 0 Å². The Bertz CT molecular complexity index is 95.3. The van der Waals surface area contributed by atoms with Gasteiger partial charge < -0.3 is 10.4 Å². The molecule has 2 atom stereocenters. The molecule has 0 aliphatic heterocycles. The van der Waals surface area contributed by atoms with Gasteiger partial charge >= 0.3 is 0 Å². The minimum atomic E-state index is 0.267. The monoisotopic (exact) mass is 143 g/mol. The van der Waals surface area contributed by atoms with Crippen molar-refractivity contribution in [3.8, 4) is 0 Å². The quantitative estimate of drug-likeness (QED) is 0.611. The molecule has 2 heteroatoms. The van der Waals surface area contributed by atoms with E-state index in [4.69, 9.17) is 5.11 Å². The first kappa shape index (κ1) is 8.02. The minimum Gasteiger partial charge on any atom is -0.395 e. The lowest BCUT2D eigenvalue weighted by Crippen LogP contribution is -2.33. The Morgan fingerprint density at radius 3 is 2.80 bits per heavy atom. The van der Waals surface area contributed by atoms with Gasteiger partial charge in [0.2, 0.25) is 0 Å². The predicted molar refractivity (Wildman–Crippen MR) is 41.9 cm³/mol. The maximum absolute atomic E-state index is 8.55. The van der Waals surface area contributed by atoms with Crippen molar-refractivity contribution in [3.05, 3.63) is 0 Å². The lowest BCUT2D eigenvalue weighted by Gasteiger charge is -2.15. The molecule has 2 N–H and O–H groups in total. The summed E-state index contributed by atoms with van der Waals surface area (Å²) in [6.07, 6.45) is 3.99. The molecule has 2 nitrogen and oxygen atoms in total. The van der Waals surface area contributed by atoms with Crippen molar-refractivity contribution in [3.63, 3.8) is 0 Å². The second kappa shape index (κ2) is 3.94. The van der Waals surface area contributed by atoms with E-state index in [1.54, 1.807) is 0 Å². The van der Waals surface area contributed by atoms with Gasteiger partial charge in [0.15, 0.2) is 0 Å². The summed E-state index contributed by atoms with van der Waals surface area (Å²) in [6, 6.07) is 0.673. The van der Waals surface area contributed by atoms with E-state index < -0.39 is 0 Å². The third-order valence-electron chi connectivity index (χ3n) is 2.38. The zero-order chi connectivity index (χ0) is 7.40. The van der Waals surface area contributed by atoms with Gasteiger partial charge in [0.1, 0.15) is 0 Å². The van der Waals surface area contributed by atoms with Crippen molar-refractivity contribution in [1.82, 2.24) is 5.32 Å². The van der Waals surface area contributed by atoms with Crippen molar-refractivity contribution < 1.29 is 5.11 Å². The van der Waals surface area contributed by atoms with Crippen LogP contribution in [0.4, 0.5) is 0 Å². The first-order valence-electron chi connectivity index (χ1n) is 4.19. The molecule has 1 rings (SSSR count). The van der Waals surface area contributed by atoms with Crippen molar-refractivity contribution in [2.24, 2.45) is 5.92 Å². The first-order chi connectivity index (χ1) is 4.84. The molecule has 0 radical (unpaired) electrons. The highest BCUT2D eigenvalue weighted by molar-refractivity contribution is 4.79. The van der Waals surface area contributed by atoms with Crippen LogP contribution in [0.3, 0.4) is 0 Å². The zero-order valence-corrected chi connectivity index (χ0v) is 6.64. The van der Waals surface area contributed by atoms with Gasteiger partial charge in [-0.05, 0) is 18.8 Å². The smallest absolute Gasteiger partial charge is 0.0556 e. The van der Waals surface area contributed by atoms with Crippen LogP contribution in [0.15, 0.2) is 0 Å². The Labute approximate surface area is 62.6 Å². The lowest BCUT2D eigenvalue weighted by atomic mass is 10.1. The van der Waals surface area contributed by atoms with E-state index in [0.29, 0.717) is 6.04 Å². The number of nitrogens with one attached hydrogen (secondary N) is 1. The van der Waals surface area contributed by atoms with Crippen LogP contribution < -0.4 is 5.32 Å². The van der Waals surface area contributed by atoms with Crippen molar-refractivity contribution in [2.45, 2.75) is 32.2 Å². The third kappa shape index (κ3) is 1.96. The highest BCUT2D eigenvalue weighted by Gasteiger charge is 2.21. The third-order valence-corrected chi connectivity index (χ3v) is 2.38. The Hall–Kier alpha value is -0.0800. The fraction of sp³-hybridized carbons (Fsp3) is 1.00. The van der Waals surface area contributed by atoms with Gasteiger partial charge in [-0.2, -0.15) is 0 Å². The number of aliphatic hydroxyl groups excluding tert-OH is 1. The predicted octanol–water partition coefficient (Wildman–Crippen LogP) is 0.757. The standard InChI is InChI=1S/C8H17NO/c1-7-3-2-4-8(7)9-5-6-10/h7-10H,2-6H2,1H3/t7-,8+/m0/s1. The summed E-state index contributed by atoms with van der Waals surface area (Å²) in [5, 5.41) is 11.9. The second-order valence-electron chi connectivity index (χ2n) is 3.19. The van der Waals surface area contributed by atoms with Gasteiger partial charge in [0.25, 0.3) is 0 Å². The van der Waals surface area contributed by atoms with E-state index >= 15 is 0 Å². The van der Waals surface area contributed by atoms with Crippen molar-refractivity contribution in [1.29, 1.82) is 0 Å². The summed E-state index contributed by atoms with van der Waals surface area (Å²) in [5.74, 6) is 0.812. The summed E-state index contributed by atoms with van der Waals surface area (Å²) < 4.78 is 0. The summed E-state index contributed by atoms with van der Waals surface area (Å²) >= 11 is 0. The first-order valence-corrected chi connectivity index (χ1v) is 4.19. The van der Waals surface area contributed by atoms with E-state index in [9.17, 15) is 0 Å². The molecule has 0 unspecified atom stereocenters. The molecule has 1 aliphatic carbocycles. The van der Waals surface area contributed by atoms with Crippen LogP contribution in [0.1, 0.15) is 26.2 Å². The minimum absolute atomic E-state index is 0.267. The highest BCUT2D eigenvalue weighted by Crippen LogP contribution is 2.24. The largest absolute Gasteiger partial charge is 0.395 e. The summed E-state index contributed by atoms with van der Waals surface area (Å²) in [4.78, 5) is 0. The topological polar surface area (TPSA) is 32.3 Å². The molecule has 1 aliphatic rings. The van der Waals surface area contributed by atoms with Gasteiger partial charge in [0.05, 0.1) is 6.61 Å². The number of aliphatic hydroxyl groups is 1. The highest BCUT2D eigenvalue weighted by atomic mass is 16.3. The summed E-state index contributed by atoms with van der Waals surface area (Å²) in [6.45, 7) is 3.31. The molecular formula is C8H17NO. The van der Waals surface area contributed by atoms with Crippen LogP contribution in [-0.4, -0.2) is 24.3 Å². The molecule has 1 fully saturated rings. The van der Waals surface area contributed by atoms with Gasteiger partial charge in [0, 0.05) is 12.6 Å². The molecule has 0 aromatic carbocycles. The van der Waals surface area contributed by atoms with E-state index in [1.807, 2.05) is 0 Å². The summed E-state index contributed by atoms with van der Waals surface area (Å²) in [5.41, 5.74) is 0. The lowest BCUT2D eigenvalue weighted by molar-refractivity contribution is 0.277. The maximum atomic E-state index is 8.55. The van der Waals surface area contributed by atoms with Crippen LogP contribution in [0.5, 0.6) is 0 Å². The van der Waals surface area contributed by atoms with Crippen LogP contribution in [0.25, 0.3) is 0 Å². The second-order valence-corrected chi connectivity index (χ2v) is 3.19. The molecule has 0 saturated heterocycles. The van der Waals surface area contributed by atoms with Gasteiger partial charge in [-0.15, -0.1) is 0 Å². The number of hydrogen-bond acceptors (Lipinski definition) is 2. The Morgan fingerprint density at radius 2 is 2.30 bits per heavy atom. The van der Waals surface area contributed by atoms with E-state index in [-0.39, 0.29) is 6.61 Å². The average molecular weight is 143 g/mol. The van der Waals surface area contributed by atoms with Gasteiger partial charge in [-0.25, -0.2) is 0 Å². The van der Waals surface area contributed by atoms with E-state index in [1.165, 1.54) is 19.3 Å². The number of hydrogen-bond donors (Lipinski definition) is 2. The van der Waals surface area contributed by atoms with Gasteiger partial charge in [-0.1, -0.05) is 13.3 Å². The molecule has 0 amide bonds. The van der Waals surface area contributed by atoms with Crippen molar-refractivity contribution >= 4 is 0 Å². The molecule has 0 bridgehead atoms. The molecular weight excluding hydrogens is 126 g/mol. The fourth-order valence-corrected chi connectivity index (χ4v) is 1.70. The Kier molecular flexibility index (Phi) is 3.16. The molecule has 1 saturated carbocycles. The van der Waals surface area contributed by atoms with Crippen LogP contribution in [0.2, 0.25) is 0 Å². The zero-order valence-electron chi connectivity index (χ0n) is 6.64. The molecule has 60 valence electrons. The summed E-state index contributed by atoms with van der Waals surface area (Å²) in [7, 11) is 0. The SMILES string of the molecule is C[C@H]1CCC[C@H]1NCCO. The van der Waals surface area contributed by atoms with Crippen molar-refractivity contribution in [2.75, 3.05) is 13.2 Å². The normalized spacial score (nSPS) is 33.0. The fourth-order valence-electron chi connectivity index (χ4n) is 1.70. The molecule has 0 aromatic rings. The van der Waals surface area contributed by atoms with Crippen LogP contribution >= 0.6 is 0 Å². The Morgan fingerprint density at radius 1 is 1.50 bits per heavy atom. The average Bonchev–Trinajstić information content (AvgIpc) is 2.31. The van der Waals surface area contributed by atoms with E-state index in [2.05, 4.69) is 12.2 Å². The molecule has 0 heterocycles. The van der Waals surface area contributed by atoms with Crippen LogP contribution in [-0.2, 0) is 0 Å². The molecule has 0 aromatic heterocycles. The van der Waals surface area contributed by atoms with E-state index in [0.717, 1.165) is 12.5 Å². The maximum Gasteiger partial charge on any atom is 0.0556 e. The molecule has 10 heavy (non-hydrogen) atoms. The molecule has 0 spiro atoms. The van der Waals surface area contributed by atoms with Crippen LogP contribution in [0, 0.1) is 5.92 Å². The number of rotatable bonds is 3. The Balaban J connectivity index is 2.14.